The van der Waals surface area contributed by atoms with Crippen LogP contribution in [0.25, 0.3) is 10.9 Å². The van der Waals surface area contributed by atoms with Crippen LogP contribution < -0.4 is 0 Å². The molecule has 0 radical (unpaired) electrons. The number of para-hydroxylation sites is 1. The minimum Gasteiger partial charge on any atom is -0.388 e. The fourth-order valence-corrected chi connectivity index (χ4v) is 3.00. The Morgan fingerprint density at radius 2 is 2.00 bits per heavy atom. The van der Waals surface area contributed by atoms with Gasteiger partial charge in [-0.2, -0.15) is 5.10 Å². The summed E-state index contributed by atoms with van der Waals surface area (Å²) in [5.74, 6) is 0. The third-order valence-electron chi connectivity index (χ3n) is 3.67. The summed E-state index contributed by atoms with van der Waals surface area (Å²) in [6, 6.07) is 13.7. The SMILES string of the molecule is Cc1cc(Cl)cc(C(O)Cc2nn(C)c3ccccc23)c1. The van der Waals surface area contributed by atoms with E-state index in [4.69, 9.17) is 11.6 Å². The van der Waals surface area contributed by atoms with Crippen LogP contribution in [0.3, 0.4) is 0 Å². The number of aliphatic hydroxyl groups excluding tert-OH is 1. The third-order valence-corrected chi connectivity index (χ3v) is 3.89. The zero-order valence-corrected chi connectivity index (χ0v) is 12.8. The van der Waals surface area contributed by atoms with Crippen molar-refractivity contribution in [2.24, 2.45) is 7.05 Å². The number of aryl methyl sites for hydroxylation is 2. The first-order chi connectivity index (χ1) is 10.0. The number of hydrogen-bond donors (Lipinski definition) is 1. The highest BCUT2D eigenvalue weighted by molar-refractivity contribution is 6.30. The Balaban J connectivity index is 1.94. The van der Waals surface area contributed by atoms with Gasteiger partial charge in [0.15, 0.2) is 0 Å². The minimum absolute atomic E-state index is 0.473. The molecule has 0 fully saturated rings. The Morgan fingerprint density at radius 3 is 2.76 bits per heavy atom. The minimum atomic E-state index is -0.610. The van der Waals surface area contributed by atoms with E-state index in [9.17, 15) is 5.11 Å². The highest BCUT2D eigenvalue weighted by atomic mass is 35.5. The Morgan fingerprint density at radius 1 is 1.24 bits per heavy atom. The van der Waals surface area contributed by atoms with Crippen LogP contribution in [0.2, 0.25) is 5.02 Å². The van der Waals surface area contributed by atoms with Gasteiger partial charge in [-0.05, 0) is 36.2 Å². The number of rotatable bonds is 3. The third kappa shape index (κ3) is 2.80. The molecule has 0 aliphatic rings. The van der Waals surface area contributed by atoms with E-state index in [1.165, 1.54) is 0 Å². The second-order valence-electron chi connectivity index (χ2n) is 5.37. The van der Waals surface area contributed by atoms with Crippen LogP contribution in [0.15, 0.2) is 42.5 Å². The lowest BCUT2D eigenvalue weighted by Gasteiger charge is -2.11. The first-order valence-electron chi connectivity index (χ1n) is 6.90. The maximum atomic E-state index is 10.5. The fourth-order valence-electron chi connectivity index (χ4n) is 2.70. The van der Waals surface area contributed by atoms with Crippen molar-refractivity contribution in [1.82, 2.24) is 9.78 Å². The Labute approximate surface area is 128 Å². The van der Waals surface area contributed by atoms with E-state index in [1.54, 1.807) is 0 Å². The molecule has 1 N–H and O–H groups in total. The first kappa shape index (κ1) is 14.1. The molecule has 0 saturated heterocycles. The molecular formula is C17H17ClN2O. The highest BCUT2D eigenvalue weighted by Gasteiger charge is 2.15. The molecule has 108 valence electrons. The summed E-state index contributed by atoms with van der Waals surface area (Å²) in [4.78, 5) is 0. The van der Waals surface area contributed by atoms with Gasteiger partial charge in [0.1, 0.15) is 0 Å². The van der Waals surface area contributed by atoms with Crippen LogP contribution in [0.5, 0.6) is 0 Å². The zero-order chi connectivity index (χ0) is 15.0. The lowest BCUT2D eigenvalue weighted by Crippen LogP contribution is -2.03. The van der Waals surface area contributed by atoms with Crippen molar-refractivity contribution in [2.45, 2.75) is 19.4 Å². The summed E-state index contributed by atoms with van der Waals surface area (Å²) >= 11 is 6.07. The van der Waals surface area contributed by atoms with Crippen molar-refractivity contribution in [3.05, 3.63) is 64.3 Å². The average Bonchev–Trinajstić information content (AvgIpc) is 2.75. The largest absolute Gasteiger partial charge is 0.388 e. The Kier molecular flexibility index (Phi) is 3.70. The summed E-state index contributed by atoms with van der Waals surface area (Å²) in [7, 11) is 1.92. The van der Waals surface area contributed by atoms with E-state index in [1.807, 2.05) is 61.1 Å². The van der Waals surface area contributed by atoms with Crippen LogP contribution in [0, 0.1) is 6.92 Å². The number of fused-ring (bicyclic) bond motifs is 1. The molecule has 1 aromatic heterocycles. The molecule has 0 saturated carbocycles. The van der Waals surface area contributed by atoms with Gasteiger partial charge in [-0.3, -0.25) is 4.68 Å². The van der Waals surface area contributed by atoms with Crippen molar-refractivity contribution in [3.63, 3.8) is 0 Å². The molecule has 21 heavy (non-hydrogen) atoms. The standard InChI is InChI=1S/C17H17ClN2O/c1-11-7-12(9-13(18)8-11)17(21)10-15-14-5-3-4-6-16(14)20(2)19-15/h3-9,17,21H,10H2,1-2H3. The number of benzene rings is 2. The average molecular weight is 301 g/mol. The van der Waals surface area contributed by atoms with Crippen LogP contribution >= 0.6 is 11.6 Å². The molecule has 0 aliphatic carbocycles. The smallest absolute Gasteiger partial charge is 0.0847 e. The maximum absolute atomic E-state index is 10.5. The summed E-state index contributed by atoms with van der Waals surface area (Å²) in [6.45, 7) is 1.97. The summed E-state index contributed by atoms with van der Waals surface area (Å²) in [6.07, 6.45) is -0.137. The van der Waals surface area contributed by atoms with Gasteiger partial charge >= 0.3 is 0 Å². The van der Waals surface area contributed by atoms with Crippen LogP contribution in [-0.2, 0) is 13.5 Å². The molecule has 1 heterocycles. The van der Waals surface area contributed by atoms with Crippen molar-refractivity contribution in [1.29, 1.82) is 0 Å². The molecule has 0 amide bonds. The van der Waals surface area contributed by atoms with Crippen LogP contribution in [0.1, 0.15) is 22.9 Å². The molecule has 3 aromatic rings. The maximum Gasteiger partial charge on any atom is 0.0847 e. The Bertz CT molecular complexity index is 774. The molecule has 1 atom stereocenters. The van der Waals surface area contributed by atoms with E-state index >= 15 is 0 Å². The van der Waals surface area contributed by atoms with E-state index in [-0.39, 0.29) is 0 Å². The van der Waals surface area contributed by atoms with Crippen molar-refractivity contribution in [3.8, 4) is 0 Å². The van der Waals surface area contributed by atoms with Gasteiger partial charge in [0, 0.05) is 23.9 Å². The van der Waals surface area contributed by atoms with Crippen LogP contribution in [-0.4, -0.2) is 14.9 Å². The van der Waals surface area contributed by atoms with E-state index < -0.39 is 6.10 Å². The molecule has 1 unspecified atom stereocenters. The fraction of sp³-hybridized carbons (Fsp3) is 0.235. The van der Waals surface area contributed by atoms with Gasteiger partial charge in [0.2, 0.25) is 0 Å². The molecule has 0 aliphatic heterocycles. The Hall–Kier alpha value is -1.84. The van der Waals surface area contributed by atoms with Crippen molar-refractivity contribution >= 4 is 22.5 Å². The topological polar surface area (TPSA) is 38.1 Å². The summed E-state index contributed by atoms with van der Waals surface area (Å²) in [5.41, 5.74) is 3.84. The van der Waals surface area contributed by atoms with Gasteiger partial charge in [0.05, 0.1) is 17.3 Å². The molecule has 3 nitrogen and oxygen atoms in total. The molecule has 3 rings (SSSR count). The first-order valence-corrected chi connectivity index (χ1v) is 7.28. The second-order valence-corrected chi connectivity index (χ2v) is 5.81. The number of nitrogens with zero attached hydrogens (tertiary/aromatic N) is 2. The molecule has 0 spiro atoms. The lowest BCUT2D eigenvalue weighted by atomic mass is 10.0. The number of aromatic nitrogens is 2. The molecule has 2 aromatic carbocycles. The zero-order valence-electron chi connectivity index (χ0n) is 12.0. The van der Waals surface area contributed by atoms with Gasteiger partial charge < -0.3 is 5.11 Å². The predicted octanol–water partition coefficient (Wildman–Crippen LogP) is 3.81. The lowest BCUT2D eigenvalue weighted by molar-refractivity contribution is 0.177. The van der Waals surface area contributed by atoms with Gasteiger partial charge in [0.25, 0.3) is 0 Å². The number of halogens is 1. The monoisotopic (exact) mass is 300 g/mol. The number of aliphatic hydroxyl groups is 1. The molecule has 4 heteroatoms. The summed E-state index contributed by atoms with van der Waals surface area (Å²) in [5, 5.41) is 16.7. The van der Waals surface area contributed by atoms with Crippen molar-refractivity contribution in [2.75, 3.05) is 0 Å². The van der Waals surface area contributed by atoms with E-state index in [0.717, 1.165) is 27.7 Å². The molecule has 0 bridgehead atoms. The van der Waals surface area contributed by atoms with Gasteiger partial charge in [-0.25, -0.2) is 0 Å². The number of hydrogen-bond acceptors (Lipinski definition) is 2. The van der Waals surface area contributed by atoms with Crippen molar-refractivity contribution < 1.29 is 5.11 Å². The quantitative estimate of drug-likeness (QED) is 0.798. The summed E-state index contributed by atoms with van der Waals surface area (Å²) < 4.78 is 1.85. The predicted molar refractivity (Wildman–Crippen MR) is 85.6 cm³/mol. The normalized spacial score (nSPS) is 12.8. The second kappa shape index (κ2) is 5.51. The van der Waals surface area contributed by atoms with Gasteiger partial charge in [-0.15, -0.1) is 0 Å². The highest BCUT2D eigenvalue weighted by Crippen LogP contribution is 2.26. The van der Waals surface area contributed by atoms with E-state index in [0.29, 0.717) is 11.4 Å². The van der Waals surface area contributed by atoms with Crippen LogP contribution in [0.4, 0.5) is 0 Å². The molecular weight excluding hydrogens is 284 g/mol. The van der Waals surface area contributed by atoms with E-state index in [2.05, 4.69) is 5.10 Å². The van der Waals surface area contributed by atoms with Gasteiger partial charge in [-0.1, -0.05) is 35.9 Å².